The Morgan fingerprint density at radius 1 is 1.00 bits per heavy atom. The monoisotopic (exact) mass is 511 g/mol. The van der Waals surface area contributed by atoms with Gasteiger partial charge in [-0.05, 0) is 12.3 Å². The Balaban J connectivity index is 3.04. The van der Waals surface area contributed by atoms with Crippen LogP contribution in [0.3, 0.4) is 0 Å². The molecule has 5 unspecified atom stereocenters. The maximum atomic E-state index is 12.9. The molecule has 5 atom stereocenters. The number of hydrogen-bond acceptors (Lipinski definition) is 8. The summed E-state index contributed by atoms with van der Waals surface area (Å²) < 4.78 is 0. The number of nitrogens with one attached hydrogen (secondary N) is 4. The van der Waals surface area contributed by atoms with E-state index in [4.69, 9.17) is 11.5 Å². The molecule has 0 aliphatic rings. The predicted molar refractivity (Wildman–Crippen MR) is 124 cm³/mol. The van der Waals surface area contributed by atoms with Gasteiger partial charge in [-0.2, -0.15) is 0 Å². The number of aliphatic carboxylic acids is 2. The zero-order valence-electron chi connectivity index (χ0n) is 20.0. The van der Waals surface area contributed by atoms with Gasteiger partial charge in [0.15, 0.2) is 0 Å². The van der Waals surface area contributed by atoms with E-state index < -0.39 is 66.2 Å². The number of imidazole rings is 1. The maximum absolute atomic E-state index is 12.9. The van der Waals surface area contributed by atoms with Gasteiger partial charge in [0.25, 0.3) is 0 Å². The highest BCUT2D eigenvalue weighted by Crippen LogP contribution is 2.07. The quantitative estimate of drug-likeness (QED) is 0.117. The van der Waals surface area contributed by atoms with Gasteiger partial charge in [-0.25, -0.2) is 9.78 Å². The van der Waals surface area contributed by atoms with Crippen LogP contribution in [-0.2, 0) is 35.2 Å². The highest BCUT2D eigenvalue weighted by atomic mass is 16.4. The third kappa shape index (κ3) is 10.1. The van der Waals surface area contributed by atoms with E-state index in [1.165, 1.54) is 12.5 Å². The molecule has 0 radical (unpaired) electrons. The summed E-state index contributed by atoms with van der Waals surface area (Å²) in [5.41, 5.74) is 11.4. The van der Waals surface area contributed by atoms with Crippen molar-refractivity contribution in [3.63, 3.8) is 0 Å². The number of carboxylic acid groups (broad SMARTS) is 2. The molecule has 0 fully saturated rings. The van der Waals surface area contributed by atoms with Crippen molar-refractivity contribution in [2.45, 2.75) is 70.1 Å². The number of nitrogens with two attached hydrogens (primary N) is 2. The lowest BCUT2D eigenvalue weighted by Gasteiger charge is -2.25. The summed E-state index contributed by atoms with van der Waals surface area (Å²) in [6.45, 7) is 3.51. The van der Waals surface area contributed by atoms with Crippen LogP contribution in [0.4, 0.5) is 0 Å². The maximum Gasteiger partial charge on any atom is 0.326 e. The number of aromatic amines is 1. The highest BCUT2D eigenvalue weighted by Gasteiger charge is 2.32. The lowest BCUT2D eigenvalue weighted by atomic mass is 9.99. The van der Waals surface area contributed by atoms with E-state index in [0.717, 1.165) is 0 Å². The Morgan fingerprint density at radius 3 is 2.08 bits per heavy atom. The van der Waals surface area contributed by atoms with Crippen molar-refractivity contribution in [1.82, 2.24) is 25.9 Å². The average molecular weight is 512 g/mol. The summed E-state index contributed by atoms with van der Waals surface area (Å²) in [5.74, 6) is -6.56. The molecule has 0 bridgehead atoms. The Labute approximate surface area is 206 Å². The van der Waals surface area contributed by atoms with Crippen molar-refractivity contribution < 1.29 is 39.0 Å². The molecule has 10 N–H and O–H groups in total. The summed E-state index contributed by atoms with van der Waals surface area (Å²) in [6.07, 6.45) is 1.65. The minimum absolute atomic E-state index is 0.150. The third-order valence-electron chi connectivity index (χ3n) is 5.48. The lowest BCUT2D eigenvalue weighted by molar-refractivity contribution is -0.143. The van der Waals surface area contributed by atoms with Crippen LogP contribution in [0.2, 0.25) is 0 Å². The van der Waals surface area contributed by atoms with E-state index in [-0.39, 0.29) is 25.2 Å². The van der Waals surface area contributed by atoms with Crippen molar-refractivity contribution in [1.29, 1.82) is 0 Å². The molecule has 1 aromatic heterocycles. The number of carboxylic acids is 2. The largest absolute Gasteiger partial charge is 0.481 e. The fourth-order valence-corrected chi connectivity index (χ4v) is 3.08. The zero-order chi connectivity index (χ0) is 27.4. The van der Waals surface area contributed by atoms with Crippen LogP contribution in [0.5, 0.6) is 0 Å². The van der Waals surface area contributed by atoms with E-state index in [1.54, 1.807) is 13.8 Å². The molecule has 1 aromatic rings. The summed E-state index contributed by atoms with van der Waals surface area (Å²) in [7, 11) is 0. The summed E-state index contributed by atoms with van der Waals surface area (Å²) in [4.78, 5) is 78.8. The van der Waals surface area contributed by atoms with Crippen molar-refractivity contribution in [3.8, 4) is 0 Å². The van der Waals surface area contributed by atoms with E-state index in [0.29, 0.717) is 12.1 Å². The van der Waals surface area contributed by atoms with Gasteiger partial charge in [-0.15, -0.1) is 0 Å². The number of carbonyl (C=O) groups is 6. The van der Waals surface area contributed by atoms with Crippen molar-refractivity contribution >= 4 is 35.6 Å². The van der Waals surface area contributed by atoms with Gasteiger partial charge in [0.2, 0.25) is 23.6 Å². The highest BCUT2D eigenvalue weighted by molar-refractivity contribution is 5.95. The second-order valence-electron chi connectivity index (χ2n) is 8.32. The minimum Gasteiger partial charge on any atom is -0.481 e. The van der Waals surface area contributed by atoms with Gasteiger partial charge in [-0.3, -0.25) is 24.0 Å². The molecule has 36 heavy (non-hydrogen) atoms. The topological polar surface area (TPSA) is 260 Å². The van der Waals surface area contributed by atoms with Crippen LogP contribution >= 0.6 is 0 Å². The number of aromatic nitrogens is 2. The van der Waals surface area contributed by atoms with E-state index in [2.05, 4.69) is 25.9 Å². The molecule has 0 spiro atoms. The van der Waals surface area contributed by atoms with Gasteiger partial charge < -0.3 is 42.6 Å². The molecule has 0 saturated heterocycles. The SMILES string of the molecule is CCC(C)C(N)C(=O)NC(CC(=O)O)C(=O)NC(CCC(N)=O)C(=O)NC(Cc1cnc[nH]1)C(=O)O. The Bertz CT molecular complexity index is 937. The minimum atomic E-state index is -1.59. The van der Waals surface area contributed by atoms with Gasteiger partial charge >= 0.3 is 11.9 Å². The Hall–Kier alpha value is -4.01. The van der Waals surface area contributed by atoms with E-state index >= 15 is 0 Å². The lowest BCUT2D eigenvalue weighted by Crippen LogP contribution is -2.58. The van der Waals surface area contributed by atoms with Crippen LogP contribution in [0, 0.1) is 5.92 Å². The molecule has 1 heterocycles. The standard InChI is InChI=1S/C21H33N7O8/c1-3-10(2)17(23)20(34)27-13(7-16(30)31)19(33)26-12(4-5-15(22)29)18(32)28-14(21(35)36)6-11-8-24-9-25-11/h8-10,12-14,17H,3-7,23H2,1-2H3,(H2,22,29)(H,24,25)(H,26,33)(H,27,34)(H,28,32)(H,30,31)(H,35,36). The first-order valence-electron chi connectivity index (χ1n) is 11.2. The van der Waals surface area contributed by atoms with Crippen LogP contribution in [0.1, 0.15) is 45.2 Å². The number of rotatable bonds is 16. The van der Waals surface area contributed by atoms with Gasteiger partial charge in [0, 0.05) is 24.7 Å². The smallest absolute Gasteiger partial charge is 0.326 e. The van der Waals surface area contributed by atoms with Crippen molar-refractivity contribution in [3.05, 3.63) is 18.2 Å². The van der Waals surface area contributed by atoms with Gasteiger partial charge in [-0.1, -0.05) is 20.3 Å². The normalized spacial score (nSPS) is 15.0. The van der Waals surface area contributed by atoms with E-state index in [1.807, 2.05) is 0 Å². The van der Waals surface area contributed by atoms with Gasteiger partial charge in [0.1, 0.15) is 18.1 Å². The first-order chi connectivity index (χ1) is 16.8. The number of amides is 4. The number of nitrogens with zero attached hydrogens (tertiary/aromatic N) is 1. The van der Waals surface area contributed by atoms with Crippen molar-refractivity contribution in [2.24, 2.45) is 17.4 Å². The third-order valence-corrected chi connectivity index (χ3v) is 5.48. The second-order valence-corrected chi connectivity index (χ2v) is 8.32. The average Bonchev–Trinajstić information content (AvgIpc) is 3.32. The summed E-state index contributed by atoms with van der Waals surface area (Å²) in [6, 6.07) is -5.46. The molecule has 0 aliphatic carbocycles. The predicted octanol–water partition coefficient (Wildman–Crippen LogP) is -2.40. The van der Waals surface area contributed by atoms with E-state index in [9.17, 15) is 39.0 Å². The van der Waals surface area contributed by atoms with Crippen molar-refractivity contribution in [2.75, 3.05) is 0 Å². The number of hydrogen-bond donors (Lipinski definition) is 8. The Kier molecular flexibility index (Phi) is 12.0. The molecule has 1 rings (SSSR count). The van der Waals surface area contributed by atoms with Crippen LogP contribution in [0.15, 0.2) is 12.5 Å². The van der Waals surface area contributed by atoms with Crippen LogP contribution in [-0.4, -0.2) is 79.9 Å². The molecule has 15 nitrogen and oxygen atoms in total. The molecule has 200 valence electrons. The molecule has 0 aromatic carbocycles. The fourth-order valence-electron chi connectivity index (χ4n) is 3.08. The van der Waals surface area contributed by atoms with Crippen LogP contribution in [0.25, 0.3) is 0 Å². The number of primary amides is 1. The summed E-state index contributed by atoms with van der Waals surface area (Å²) >= 11 is 0. The summed E-state index contributed by atoms with van der Waals surface area (Å²) in [5, 5.41) is 25.5. The molecule has 0 saturated carbocycles. The number of H-pyrrole nitrogens is 1. The molecule has 0 aliphatic heterocycles. The van der Waals surface area contributed by atoms with Gasteiger partial charge in [0.05, 0.1) is 18.8 Å². The second kappa shape index (κ2) is 14.4. The van der Waals surface area contributed by atoms with Crippen LogP contribution < -0.4 is 27.4 Å². The molecule has 4 amide bonds. The molecule has 15 heteroatoms. The first-order valence-corrected chi connectivity index (χ1v) is 11.2. The molecular formula is C21H33N7O8. The number of carbonyl (C=O) groups excluding carboxylic acids is 4. The first kappa shape index (κ1) is 30.0. The fraction of sp³-hybridized carbons (Fsp3) is 0.571. The Morgan fingerprint density at radius 2 is 1.58 bits per heavy atom. The zero-order valence-corrected chi connectivity index (χ0v) is 20.0. The molecular weight excluding hydrogens is 478 g/mol.